The zero-order valence-electron chi connectivity index (χ0n) is 15.3. The maximum absolute atomic E-state index is 5.70. The van der Waals surface area contributed by atoms with Crippen molar-refractivity contribution in [3.05, 3.63) is 24.2 Å². The van der Waals surface area contributed by atoms with Crippen molar-refractivity contribution in [2.24, 2.45) is 10.9 Å². The molecule has 8 nitrogen and oxygen atoms in total. The highest BCUT2D eigenvalue weighted by atomic mass is 127. The third kappa shape index (κ3) is 6.27. The fourth-order valence-electron chi connectivity index (χ4n) is 2.34. The Hall–Kier alpha value is -1.62. The van der Waals surface area contributed by atoms with E-state index in [9.17, 15) is 0 Å². The smallest absolute Gasteiger partial charge is 0.216 e. The fourth-order valence-corrected chi connectivity index (χ4v) is 2.34. The zero-order chi connectivity index (χ0) is 17.5. The molecule has 0 spiro atoms. The van der Waals surface area contributed by atoms with E-state index < -0.39 is 0 Å². The van der Waals surface area contributed by atoms with Crippen molar-refractivity contribution in [2.75, 3.05) is 33.4 Å². The Morgan fingerprint density at radius 2 is 2.35 bits per heavy atom. The van der Waals surface area contributed by atoms with E-state index in [-0.39, 0.29) is 24.0 Å². The average Bonchev–Trinajstić information content (AvgIpc) is 3.09. The van der Waals surface area contributed by atoms with Gasteiger partial charge in [0.15, 0.2) is 11.7 Å². The number of hydrogen-bond acceptors (Lipinski definition) is 5. The number of rotatable bonds is 9. The van der Waals surface area contributed by atoms with Gasteiger partial charge in [-0.05, 0) is 37.8 Å². The molecule has 26 heavy (non-hydrogen) atoms. The quantitative estimate of drug-likeness (QED) is 0.251. The Balaban J connectivity index is 0.00000243. The van der Waals surface area contributed by atoms with E-state index in [0.717, 1.165) is 31.6 Å². The van der Waals surface area contributed by atoms with E-state index in [0.29, 0.717) is 30.6 Å². The summed E-state index contributed by atoms with van der Waals surface area (Å²) in [4.78, 5) is 11.1. The van der Waals surface area contributed by atoms with Crippen molar-refractivity contribution in [3.63, 3.8) is 0 Å². The second-order valence-corrected chi connectivity index (χ2v) is 6.19. The lowest BCUT2D eigenvalue weighted by Gasteiger charge is -2.21. The number of nitrogens with one attached hydrogen (secondary N) is 2. The van der Waals surface area contributed by atoms with Crippen molar-refractivity contribution < 1.29 is 9.15 Å². The first-order valence-electron chi connectivity index (χ1n) is 8.78. The molecule has 9 heteroatoms. The van der Waals surface area contributed by atoms with Gasteiger partial charge < -0.3 is 19.4 Å². The molecular formula is C17H27IN6O2. The van der Waals surface area contributed by atoms with Crippen LogP contribution in [0.15, 0.2) is 27.8 Å². The van der Waals surface area contributed by atoms with Crippen LogP contribution in [0.25, 0.3) is 11.6 Å². The molecule has 2 N–H and O–H groups in total. The number of aromatic amines is 1. The molecule has 0 radical (unpaired) electrons. The number of guanidine groups is 1. The predicted octanol–water partition coefficient (Wildman–Crippen LogP) is 2.51. The Bertz CT molecular complexity index is 669. The summed E-state index contributed by atoms with van der Waals surface area (Å²) in [6.45, 7) is 5.67. The van der Waals surface area contributed by atoms with Gasteiger partial charge in [-0.1, -0.05) is 0 Å². The average molecular weight is 474 g/mol. The molecule has 1 aliphatic rings. The third-order valence-corrected chi connectivity index (χ3v) is 3.97. The van der Waals surface area contributed by atoms with Gasteiger partial charge in [-0.3, -0.25) is 5.10 Å². The molecule has 0 atom stereocenters. The molecule has 2 heterocycles. The van der Waals surface area contributed by atoms with Crippen LogP contribution in [0.1, 0.15) is 25.6 Å². The van der Waals surface area contributed by atoms with E-state index in [2.05, 4.69) is 37.3 Å². The molecule has 2 aromatic rings. The van der Waals surface area contributed by atoms with E-state index in [1.165, 1.54) is 12.8 Å². The van der Waals surface area contributed by atoms with Gasteiger partial charge >= 0.3 is 0 Å². The number of nitrogens with zero attached hydrogens (tertiary/aromatic N) is 4. The number of halogens is 1. The van der Waals surface area contributed by atoms with Crippen LogP contribution >= 0.6 is 24.0 Å². The van der Waals surface area contributed by atoms with Crippen LogP contribution in [0, 0.1) is 5.92 Å². The molecule has 0 bridgehead atoms. The Labute approximate surface area is 170 Å². The summed E-state index contributed by atoms with van der Waals surface area (Å²) < 4.78 is 11.0. The summed E-state index contributed by atoms with van der Waals surface area (Å²) in [7, 11) is 2.01. The van der Waals surface area contributed by atoms with Crippen LogP contribution in [0.2, 0.25) is 0 Å². The van der Waals surface area contributed by atoms with Crippen LogP contribution < -0.4 is 5.32 Å². The van der Waals surface area contributed by atoms with Crippen molar-refractivity contribution in [2.45, 2.75) is 26.3 Å². The SMILES string of the molecule is CCNC(=NCc1nc(-c2ccco2)n[nH]1)N(C)CCOCC1CC1.I. The Morgan fingerprint density at radius 3 is 3.04 bits per heavy atom. The van der Waals surface area contributed by atoms with Gasteiger partial charge in [0.25, 0.3) is 0 Å². The summed E-state index contributed by atoms with van der Waals surface area (Å²) >= 11 is 0. The van der Waals surface area contributed by atoms with Crippen LogP contribution in [0.3, 0.4) is 0 Å². The predicted molar refractivity (Wildman–Crippen MR) is 110 cm³/mol. The minimum absolute atomic E-state index is 0. The Morgan fingerprint density at radius 1 is 1.50 bits per heavy atom. The number of H-pyrrole nitrogens is 1. The maximum Gasteiger partial charge on any atom is 0.216 e. The second kappa shape index (κ2) is 10.5. The number of likely N-dealkylation sites (N-methyl/N-ethyl adjacent to an activating group) is 1. The summed E-state index contributed by atoms with van der Waals surface area (Å²) in [6.07, 6.45) is 4.24. The molecular weight excluding hydrogens is 447 g/mol. The Kier molecular flexibility index (Phi) is 8.36. The van der Waals surface area contributed by atoms with Crippen molar-refractivity contribution >= 4 is 29.9 Å². The highest BCUT2D eigenvalue weighted by Gasteiger charge is 2.21. The molecule has 1 saturated carbocycles. The number of hydrogen-bond donors (Lipinski definition) is 2. The maximum atomic E-state index is 5.70. The first kappa shape index (κ1) is 20.7. The van der Waals surface area contributed by atoms with E-state index >= 15 is 0 Å². The molecule has 0 amide bonds. The minimum Gasteiger partial charge on any atom is -0.461 e. The molecule has 144 valence electrons. The van der Waals surface area contributed by atoms with E-state index in [4.69, 9.17) is 9.15 Å². The summed E-state index contributed by atoms with van der Waals surface area (Å²) in [5.74, 6) is 3.50. The van der Waals surface area contributed by atoms with E-state index in [1.54, 1.807) is 6.26 Å². The number of furan rings is 1. The van der Waals surface area contributed by atoms with Gasteiger partial charge in [-0.15, -0.1) is 29.1 Å². The van der Waals surface area contributed by atoms with Crippen molar-refractivity contribution in [3.8, 4) is 11.6 Å². The molecule has 1 fully saturated rings. The molecule has 0 saturated heterocycles. The highest BCUT2D eigenvalue weighted by molar-refractivity contribution is 14.0. The second-order valence-electron chi connectivity index (χ2n) is 6.19. The first-order chi connectivity index (χ1) is 12.3. The largest absolute Gasteiger partial charge is 0.461 e. The number of aliphatic imine (C=N–C) groups is 1. The molecule has 3 rings (SSSR count). The number of aromatic nitrogens is 3. The van der Waals surface area contributed by atoms with Gasteiger partial charge in [0.2, 0.25) is 5.82 Å². The van der Waals surface area contributed by atoms with Crippen LogP contribution in [0.4, 0.5) is 0 Å². The third-order valence-electron chi connectivity index (χ3n) is 3.97. The van der Waals surface area contributed by atoms with Crippen LogP contribution in [-0.4, -0.2) is 59.4 Å². The van der Waals surface area contributed by atoms with Crippen LogP contribution in [0.5, 0.6) is 0 Å². The molecule has 0 unspecified atom stereocenters. The van der Waals surface area contributed by atoms with Gasteiger partial charge in [-0.2, -0.15) is 0 Å². The standard InChI is InChI=1S/C17H26N6O2.HI/c1-3-18-17(23(2)8-10-24-12-13-6-7-13)19-11-15-20-16(22-21-15)14-5-4-9-25-14;/h4-5,9,13H,3,6-8,10-12H2,1-2H3,(H,18,19)(H,20,21,22);1H. The first-order valence-corrected chi connectivity index (χ1v) is 8.78. The molecule has 1 aliphatic carbocycles. The topological polar surface area (TPSA) is 91.6 Å². The van der Waals surface area contributed by atoms with Gasteiger partial charge in [0.1, 0.15) is 12.4 Å². The van der Waals surface area contributed by atoms with Crippen molar-refractivity contribution in [1.29, 1.82) is 0 Å². The summed E-state index contributed by atoms with van der Waals surface area (Å²) in [5.41, 5.74) is 0. The zero-order valence-corrected chi connectivity index (χ0v) is 17.6. The normalized spacial score (nSPS) is 14.2. The monoisotopic (exact) mass is 474 g/mol. The van der Waals surface area contributed by atoms with Gasteiger partial charge in [0, 0.05) is 26.7 Å². The van der Waals surface area contributed by atoms with Crippen LogP contribution in [-0.2, 0) is 11.3 Å². The van der Waals surface area contributed by atoms with Gasteiger partial charge in [-0.25, -0.2) is 9.98 Å². The van der Waals surface area contributed by atoms with E-state index in [1.807, 2.05) is 19.2 Å². The minimum atomic E-state index is 0. The summed E-state index contributed by atoms with van der Waals surface area (Å²) in [5, 5.41) is 10.3. The lowest BCUT2D eigenvalue weighted by atomic mass is 10.4. The van der Waals surface area contributed by atoms with Crippen molar-refractivity contribution in [1.82, 2.24) is 25.4 Å². The highest BCUT2D eigenvalue weighted by Crippen LogP contribution is 2.28. The molecule has 2 aromatic heterocycles. The lowest BCUT2D eigenvalue weighted by molar-refractivity contribution is 0.115. The lowest BCUT2D eigenvalue weighted by Crippen LogP contribution is -2.40. The van der Waals surface area contributed by atoms with Gasteiger partial charge in [0.05, 0.1) is 12.9 Å². The fraction of sp³-hybridized carbons (Fsp3) is 0.588. The number of ether oxygens (including phenoxy) is 1. The summed E-state index contributed by atoms with van der Waals surface area (Å²) in [6, 6.07) is 3.64. The molecule has 0 aromatic carbocycles. The molecule has 0 aliphatic heterocycles.